The second-order valence-electron chi connectivity index (χ2n) is 4.54. The maximum atomic E-state index is 11.9. The van der Waals surface area contributed by atoms with Gasteiger partial charge in [-0.2, -0.15) is 0 Å². The lowest BCUT2D eigenvalue weighted by atomic mass is 10.4. The van der Waals surface area contributed by atoms with Crippen LogP contribution in [0.3, 0.4) is 0 Å². The van der Waals surface area contributed by atoms with Crippen LogP contribution in [0.4, 0.5) is 0 Å². The van der Waals surface area contributed by atoms with Crippen molar-refractivity contribution in [2.75, 3.05) is 26.2 Å². The lowest BCUT2D eigenvalue weighted by Gasteiger charge is -2.07. The third-order valence-electron chi connectivity index (χ3n) is 2.71. The van der Waals surface area contributed by atoms with Gasteiger partial charge in [-0.25, -0.2) is 13.1 Å². The topological polar surface area (TPSA) is 146 Å². The van der Waals surface area contributed by atoms with Gasteiger partial charge in [0.2, 0.25) is 15.9 Å². The summed E-state index contributed by atoms with van der Waals surface area (Å²) in [7, 11) is -3.87. The SMILES string of the molecule is CCCNCCNC(=O)CNS(=O)(=O)c1c[nH]c(C(N)=O)c1. The van der Waals surface area contributed by atoms with Crippen molar-refractivity contribution in [3.8, 4) is 0 Å². The summed E-state index contributed by atoms with van der Waals surface area (Å²) in [5.74, 6) is -1.20. The van der Waals surface area contributed by atoms with Gasteiger partial charge in [0, 0.05) is 19.3 Å². The summed E-state index contributed by atoms with van der Waals surface area (Å²) in [5, 5.41) is 5.68. The van der Waals surface area contributed by atoms with Gasteiger partial charge < -0.3 is 21.4 Å². The summed E-state index contributed by atoms with van der Waals surface area (Å²) in [5.41, 5.74) is 5.01. The molecule has 0 saturated heterocycles. The smallest absolute Gasteiger partial charge is 0.265 e. The zero-order chi connectivity index (χ0) is 16.6. The average molecular weight is 331 g/mol. The summed E-state index contributed by atoms with van der Waals surface area (Å²) in [6.45, 7) is 3.54. The first-order valence-corrected chi connectivity index (χ1v) is 8.30. The van der Waals surface area contributed by atoms with Gasteiger partial charge in [-0.05, 0) is 19.0 Å². The van der Waals surface area contributed by atoms with E-state index in [9.17, 15) is 18.0 Å². The molecule has 22 heavy (non-hydrogen) atoms. The molecule has 0 radical (unpaired) electrons. The van der Waals surface area contributed by atoms with Crippen molar-refractivity contribution in [1.82, 2.24) is 20.3 Å². The first kappa shape index (κ1) is 18.1. The Morgan fingerprint density at radius 3 is 2.59 bits per heavy atom. The van der Waals surface area contributed by atoms with Gasteiger partial charge in [-0.1, -0.05) is 6.92 Å². The van der Waals surface area contributed by atoms with Gasteiger partial charge in [0.15, 0.2) is 0 Å². The summed E-state index contributed by atoms with van der Waals surface area (Å²) in [4.78, 5) is 24.7. The number of primary amides is 1. The molecule has 0 unspecified atom stereocenters. The normalized spacial score (nSPS) is 11.3. The van der Waals surface area contributed by atoms with Crippen molar-refractivity contribution in [3.63, 3.8) is 0 Å². The molecule has 1 rings (SSSR count). The third-order valence-corrected chi connectivity index (χ3v) is 4.09. The largest absolute Gasteiger partial charge is 0.364 e. The van der Waals surface area contributed by atoms with E-state index in [2.05, 4.69) is 20.3 Å². The van der Waals surface area contributed by atoms with Gasteiger partial charge in [0.25, 0.3) is 5.91 Å². The van der Waals surface area contributed by atoms with Crippen molar-refractivity contribution in [2.24, 2.45) is 5.73 Å². The first-order chi connectivity index (χ1) is 10.4. The van der Waals surface area contributed by atoms with E-state index in [0.717, 1.165) is 25.2 Å². The number of aromatic amines is 1. The molecule has 0 aliphatic carbocycles. The van der Waals surface area contributed by atoms with Crippen LogP contribution in [0.5, 0.6) is 0 Å². The third kappa shape index (κ3) is 5.84. The Hall–Kier alpha value is -1.91. The number of H-pyrrole nitrogens is 1. The molecule has 1 aromatic rings. The number of carbonyl (C=O) groups excluding carboxylic acids is 2. The van der Waals surface area contributed by atoms with Gasteiger partial charge >= 0.3 is 0 Å². The number of nitrogens with two attached hydrogens (primary N) is 1. The molecule has 1 aromatic heterocycles. The number of carbonyl (C=O) groups is 2. The van der Waals surface area contributed by atoms with Crippen LogP contribution in [0.25, 0.3) is 0 Å². The van der Waals surface area contributed by atoms with Gasteiger partial charge in [-0.3, -0.25) is 9.59 Å². The molecule has 0 aromatic carbocycles. The van der Waals surface area contributed by atoms with Crippen LogP contribution in [0, 0.1) is 0 Å². The second kappa shape index (κ2) is 8.51. The first-order valence-electron chi connectivity index (χ1n) is 6.82. The summed E-state index contributed by atoms with van der Waals surface area (Å²) in [6, 6.07) is 1.11. The number of hydrogen-bond acceptors (Lipinski definition) is 5. The summed E-state index contributed by atoms with van der Waals surface area (Å²) >= 11 is 0. The minimum atomic E-state index is -3.87. The zero-order valence-corrected chi connectivity index (χ0v) is 13.1. The molecule has 2 amide bonds. The highest BCUT2D eigenvalue weighted by Crippen LogP contribution is 2.09. The fourth-order valence-corrected chi connectivity index (χ4v) is 2.55. The van der Waals surface area contributed by atoms with E-state index in [0.29, 0.717) is 13.1 Å². The molecule has 0 fully saturated rings. The van der Waals surface area contributed by atoms with E-state index < -0.39 is 21.8 Å². The Labute approximate surface area is 129 Å². The molecule has 1 heterocycles. The Balaban J connectivity index is 2.41. The number of amides is 2. The Morgan fingerprint density at radius 2 is 2.00 bits per heavy atom. The summed E-state index contributed by atoms with van der Waals surface area (Å²) < 4.78 is 26.0. The van der Waals surface area contributed by atoms with Crippen LogP contribution in [0.1, 0.15) is 23.8 Å². The van der Waals surface area contributed by atoms with E-state index in [1.165, 1.54) is 0 Å². The molecule has 0 bridgehead atoms. The molecular weight excluding hydrogens is 310 g/mol. The second-order valence-corrected chi connectivity index (χ2v) is 6.30. The van der Waals surface area contributed by atoms with Crippen molar-refractivity contribution >= 4 is 21.8 Å². The van der Waals surface area contributed by atoms with Crippen LogP contribution in [0.2, 0.25) is 0 Å². The van der Waals surface area contributed by atoms with Crippen LogP contribution in [-0.4, -0.2) is 51.4 Å². The molecule has 0 saturated carbocycles. The zero-order valence-electron chi connectivity index (χ0n) is 12.3. The number of sulfonamides is 1. The van der Waals surface area contributed by atoms with Gasteiger partial charge in [0.1, 0.15) is 10.6 Å². The fourth-order valence-electron chi connectivity index (χ4n) is 1.57. The average Bonchev–Trinajstić information content (AvgIpc) is 2.96. The van der Waals surface area contributed by atoms with Gasteiger partial charge in [-0.15, -0.1) is 0 Å². The van der Waals surface area contributed by atoms with E-state index in [-0.39, 0.29) is 17.1 Å². The van der Waals surface area contributed by atoms with Crippen molar-refractivity contribution in [3.05, 3.63) is 18.0 Å². The molecule has 124 valence electrons. The van der Waals surface area contributed by atoms with Gasteiger partial charge in [0.05, 0.1) is 6.54 Å². The van der Waals surface area contributed by atoms with E-state index >= 15 is 0 Å². The molecule has 10 heteroatoms. The lowest BCUT2D eigenvalue weighted by Crippen LogP contribution is -2.39. The fraction of sp³-hybridized carbons (Fsp3) is 0.500. The number of hydrogen-bond donors (Lipinski definition) is 5. The molecule has 0 atom stereocenters. The van der Waals surface area contributed by atoms with Crippen LogP contribution in [0.15, 0.2) is 17.2 Å². The Kier molecular flexibility index (Phi) is 7.02. The molecular formula is C12H21N5O4S. The maximum Gasteiger partial charge on any atom is 0.265 e. The minimum absolute atomic E-state index is 0.0215. The number of aromatic nitrogens is 1. The minimum Gasteiger partial charge on any atom is -0.364 e. The lowest BCUT2D eigenvalue weighted by molar-refractivity contribution is -0.119. The monoisotopic (exact) mass is 331 g/mol. The molecule has 9 nitrogen and oxygen atoms in total. The van der Waals surface area contributed by atoms with Crippen molar-refractivity contribution in [2.45, 2.75) is 18.2 Å². The number of rotatable bonds is 10. The number of nitrogens with one attached hydrogen (secondary N) is 4. The molecule has 0 aliphatic heterocycles. The maximum absolute atomic E-state index is 11.9. The van der Waals surface area contributed by atoms with E-state index in [4.69, 9.17) is 5.73 Å². The molecule has 0 aliphatic rings. The van der Waals surface area contributed by atoms with Crippen LogP contribution < -0.4 is 21.1 Å². The van der Waals surface area contributed by atoms with Crippen LogP contribution in [-0.2, 0) is 14.8 Å². The molecule has 6 N–H and O–H groups in total. The van der Waals surface area contributed by atoms with Crippen LogP contribution >= 0.6 is 0 Å². The molecule has 0 spiro atoms. The summed E-state index contributed by atoms with van der Waals surface area (Å²) in [6.07, 6.45) is 2.13. The van der Waals surface area contributed by atoms with Crippen molar-refractivity contribution in [1.29, 1.82) is 0 Å². The Bertz CT molecular complexity index is 611. The Morgan fingerprint density at radius 1 is 1.27 bits per heavy atom. The van der Waals surface area contributed by atoms with E-state index in [1.54, 1.807) is 0 Å². The standard InChI is InChI=1S/C12H21N5O4S/c1-2-3-14-4-5-15-11(18)8-17-22(20,21)9-6-10(12(13)19)16-7-9/h6-7,14,16-17H,2-5,8H2,1H3,(H2,13,19)(H,15,18). The highest BCUT2D eigenvalue weighted by Gasteiger charge is 2.18. The predicted octanol–water partition coefficient (Wildman–Crippen LogP) is -1.49. The highest BCUT2D eigenvalue weighted by molar-refractivity contribution is 7.89. The quantitative estimate of drug-likeness (QED) is 0.331. The van der Waals surface area contributed by atoms with E-state index in [1.807, 2.05) is 6.92 Å². The van der Waals surface area contributed by atoms with Crippen molar-refractivity contribution < 1.29 is 18.0 Å². The predicted molar refractivity (Wildman–Crippen MR) is 80.7 cm³/mol. The highest BCUT2D eigenvalue weighted by atomic mass is 32.2.